The fraction of sp³-hybridized carbons (Fsp3) is 0.0435. The average Bonchev–Trinajstić information content (AvgIpc) is 3.44. The fourth-order valence-corrected chi connectivity index (χ4v) is 3.73. The molecule has 0 radical (unpaired) electrons. The summed E-state index contributed by atoms with van der Waals surface area (Å²) in [6.45, 7) is 0.285. The van der Waals surface area contributed by atoms with Crippen LogP contribution in [-0.2, 0) is 0 Å². The number of hydrazone groups is 1. The van der Waals surface area contributed by atoms with E-state index in [1.807, 2.05) is 66.0 Å². The average molecular weight is 399 g/mol. The van der Waals surface area contributed by atoms with Crippen LogP contribution < -0.4 is 14.9 Å². The van der Waals surface area contributed by atoms with Crippen LogP contribution in [0, 0.1) is 0 Å². The Hall–Kier alpha value is -3.64. The number of nitrogens with zero attached hydrogens (tertiary/aromatic N) is 2. The minimum Gasteiger partial charge on any atom is -0.454 e. The maximum absolute atomic E-state index is 5.45. The molecular weight excluding hydrogens is 382 g/mol. The molecule has 3 aromatic carbocycles. The van der Waals surface area contributed by atoms with Crippen LogP contribution in [0.4, 0.5) is 5.13 Å². The largest absolute Gasteiger partial charge is 0.454 e. The third-order valence-electron chi connectivity index (χ3n) is 4.56. The smallest absolute Gasteiger partial charge is 0.231 e. The summed E-state index contributed by atoms with van der Waals surface area (Å²) in [4.78, 5) is 4.57. The van der Waals surface area contributed by atoms with Gasteiger partial charge in [-0.25, -0.2) is 4.98 Å². The predicted octanol–water partition coefficient (Wildman–Crippen LogP) is 5.65. The van der Waals surface area contributed by atoms with Crippen molar-refractivity contribution in [3.63, 3.8) is 0 Å². The molecule has 0 spiro atoms. The van der Waals surface area contributed by atoms with Crippen LogP contribution in [0.3, 0.4) is 0 Å². The summed E-state index contributed by atoms with van der Waals surface area (Å²) in [5, 5.41) is 7.09. The molecular formula is C23H17N3O2S. The molecule has 0 unspecified atom stereocenters. The number of ether oxygens (including phenoxy) is 2. The van der Waals surface area contributed by atoms with Gasteiger partial charge in [-0.05, 0) is 28.8 Å². The first-order valence-electron chi connectivity index (χ1n) is 9.15. The molecule has 4 aromatic rings. The monoisotopic (exact) mass is 399 g/mol. The number of benzene rings is 3. The van der Waals surface area contributed by atoms with E-state index in [1.165, 1.54) is 11.3 Å². The number of thiazole rings is 1. The van der Waals surface area contributed by atoms with E-state index in [2.05, 4.69) is 27.6 Å². The van der Waals surface area contributed by atoms with Crippen molar-refractivity contribution in [2.24, 2.45) is 5.10 Å². The van der Waals surface area contributed by atoms with Crippen LogP contribution in [0.15, 0.2) is 83.3 Å². The molecule has 0 bridgehead atoms. The Bertz CT molecular complexity index is 1150. The number of nitrogens with one attached hydrogen (secondary N) is 1. The van der Waals surface area contributed by atoms with E-state index in [1.54, 1.807) is 6.21 Å². The van der Waals surface area contributed by atoms with Gasteiger partial charge in [-0.1, -0.05) is 60.7 Å². The van der Waals surface area contributed by atoms with Crippen molar-refractivity contribution in [2.75, 3.05) is 12.2 Å². The first kappa shape index (κ1) is 17.5. The van der Waals surface area contributed by atoms with Crippen molar-refractivity contribution < 1.29 is 9.47 Å². The maximum atomic E-state index is 5.45. The Kier molecular flexibility index (Phi) is 4.68. The van der Waals surface area contributed by atoms with Crippen molar-refractivity contribution in [1.82, 2.24) is 4.98 Å². The van der Waals surface area contributed by atoms with Gasteiger partial charge in [-0.15, -0.1) is 11.3 Å². The summed E-state index contributed by atoms with van der Waals surface area (Å²) in [5.41, 5.74) is 8.25. The molecule has 6 heteroatoms. The van der Waals surface area contributed by atoms with Gasteiger partial charge in [0.1, 0.15) is 0 Å². The zero-order valence-electron chi connectivity index (χ0n) is 15.4. The van der Waals surface area contributed by atoms with Crippen LogP contribution in [-0.4, -0.2) is 18.0 Å². The standard InChI is InChI=1S/C23H17N3O2S/c1-2-4-18(5-3-1)20-14-29-23(25-20)26-24-13-16-6-8-17(9-7-16)19-10-11-21-22(12-19)28-15-27-21/h1-14H,15H2,(H,25,26). The molecule has 0 saturated carbocycles. The molecule has 0 saturated heterocycles. The number of anilines is 1. The SMILES string of the molecule is C(=NNc1nc(-c2ccccc2)cs1)c1ccc(-c2ccc3c(c2)OCO3)cc1. The highest BCUT2D eigenvalue weighted by atomic mass is 32.1. The summed E-state index contributed by atoms with van der Waals surface area (Å²) in [7, 11) is 0. The summed E-state index contributed by atoms with van der Waals surface area (Å²) >= 11 is 1.53. The van der Waals surface area contributed by atoms with Gasteiger partial charge in [-0.2, -0.15) is 5.10 Å². The molecule has 0 amide bonds. The van der Waals surface area contributed by atoms with Crippen LogP contribution in [0.25, 0.3) is 22.4 Å². The van der Waals surface area contributed by atoms with Gasteiger partial charge >= 0.3 is 0 Å². The molecule has 1 aliphatic rings. The Morgan fingerprint density at radius 2 is 1.66 bits per heavy atom. The molecule has 2 heterocycles. The lowest BCUT2D eigenvalue weighted by Crippen LogP contribution is -1.92. The van der Waals surface area contributed by atoms with E-state index >= 15 is 0 Å². The normalized spacial score (nSPS) is 12.4. The Morgan fingerprint density at radius 1 is 0.862 bits per heavy atom. The quantitative estimate of drug-likeness (QED) is 0.348. The van der Waals surface area contributed by atoms with Crippen LogP contribution >= 0.6 is 11.3 Å². The Labute approximate surface area is 172 Å². The van der Waals surface area contributed by atoms with Crippen molar-refractivity contribution in [3.8, 4) is 33.9 Å². The van der Waals surface area contributed by atoms with Gasteiger partial charge in [0.2, 0.25) is 11.9 Å². The van der Waals surface area contributed by atoms with Crippen LogP contribution in [0.5, 0.6) is 11.5 Å². The number of rotatable bonds is 5. The zero-order chi connectivity index (χ0) is 19.5. The lowest BCUT2D eigenvalue weighted by Gasteiger charge is -2.04. The summed E-state index contributed by atoms with van der Waals surface area (Å²) in [5.74, 6) is 1.58. The van der Waals surface area contributed by atoms with E-state index in [0.29, 0.717) is 0 Å². The lowest BCUT2D eigenvalue weighted by molar-refractivity contribution is 0.174. The highest BCUT2D eigenvalue weighted by Crippen LogP contribution is 2.35. The molecule has 142 valence electrons. The number of fused-ring (bicyclic) bond motifs is 1. The first-order valence-corrected chi connectivity index (χ1v) is 10.0. The second-order valence-electron chi connectivity index (χ2n) is 6.46. The van der Waals surface area contributed by atoms with Crippen LogP contribution in [0.1, 0.15) is 5.56 Å². The highest BCUT2D eigenvalue weighted by molar-refractivity contribution is 7.14. The summed E-state index contributed by atoms with van der Waals surface area (Å²) in [6.07, 6.45) is 1.78. The van der Waals surface area contributed by atoms with Crippen molar-refractivity contribution >= 4 is 22.7 Å². The molecule has 29 heavy (non-hydrogen) atoms. The van der Waals surface area contributed by atoms with Crippen molar-refractivity contribution in [3.05, 3.63) is 83.7 Å². The third-order valence-corrected chi connectivity index (χ3v) is 5.31. The molecule has 1 N–H and O–H groups in total. The molecule has 0 fully saturated rings. The predicted molar refractivity (Wildman–Crippen MR) is 117 cm³/mol. The lowest BCUT2D eigenvalue weighted by atomic mass is 10.0. The van der Waals surface area contributed by atoms with E-state index < -0.39 is 0 Å². The molecule has 1 aliphatic heterocycles. The number of aromatic nitrogens is 1. The number of hydrogen-bond donors (Lipinski definition) is 1. The summed E-state index contributed by atoms with van der Waals surface area (Å²) < 4.78 is 10.8. The van der Waals surface area contributed by atoms with Gasteiger partial charge in [0.25, 0.3) is 0 Å². The van der Waals surface area contributed by atoms with Gasteiger partial charge in [0.15, 0.2) is 11.5 Å². The Balaban J connectivity index is 1.24. The number of hydrogen-bond acceptors (Lipinski definition) is 6. The minimum absolute atomic E-state index is 0.285. The minimum atomic E-state index is 0.285. The molecule has 0 atom stereocenters. The second kappa shape index (κ2) is 7.77. The van der Waals surface area contributed by atoms with E-state index in [0.717, 1.165) is 44.6 Å². The maximum Gasteiger partial charge on any atom is 0.231 e. The first-order chi connectivity index (χ1) is 14.3. The van der Waals surface area contributed by atoms with Gasteiger partial charge in [0, 0.05) is 10.9 Å². The van der Waals surface area contributed by atoms with Crippen molar-refractivity contribution in [1.29, 1.82) is 0 Å². The zero-order valence-corrected chi connectivity index (χ0v) is 16.2. The molecule has 5 rings (SSSR count). The fourth-order valence-electron chi connectivity index (χ4n) is 3.07. The van der Waals surface area contributed by atoms with E-state index in [4.69, 9.17) is 9.47 Å². The third kappa shape index (κ3) is 3.83. The Morgan fingerprint density at radius 3 is 2.52 bits per heavy atom. The van der Waals surface area contributed by atoms with Crippen molar-refractivity contribution in [2.45, 2.75) is 0 Å². The van der Waals surface area contributed by atoms with Gasteiger partial charge in [0.05, 0.1) is 11.9 Å². The molecule has 0 aliphatic carbocycles. The van der Waals surface area contributed by atoms with E-state index in [9.17, 15) is 0 Å². The van der Waals surface area contributed by atoms with E-state index in [-0.39, 0.29) is 6.79 Å². The second-order valence-corrected chi connectivity index (χ2v) is 7.32. The van der Waals surface area contributed by atoms with Crippen LogP contribution in [0.2, 0.25) is 0 Å². The molecule has 1 aromatic heterocycles. The topological polar surface area (TPSA) is 55.7 Å². The highest BCUT2D eigenvalue weighted by Gasteiger charge is 2.13. The summed E-state index contributed by atoms with van der Waals surface area (Å²) in [6, 6.07) is 24.3. The molecule has 5 nitrogen and oxygen atoms in total. The van der Waals surface area contributed by atoms with Gasteiger partial charge < -0.3 is 9.47 Å². The van der Waals surface area contributed by atoms with Gasteiger partial charge in [-0.3, -0.25) is 5.43 Å².